The molecule has 2 N–H and O–H groups in total. The molecule has 0 heterocycles. The van der Waals surface area contributed by atoms with Crippen molar-refractivity contribution in [3.8, 4) is 23.8 Å². The summed E-state index contributed by atoms with van der Waals surface area (Å²) in [6.07, 6.45) is 1.59. The van der Waals surface area contributed by atoms with Gasteiger partial charge in [0.15, 0.2) is 6.19 Å². The third kappa shape index (κ3) is 5.09. The normalized spacial score (nSPS) is 10.5. The van der Waals surface area contributed by atoms with Gasteiger partial charge in [-0.05, 0) is 48.5 Å². The van der Waals surface area contributed by atoms with Crippen LogP contribution in [0.5, 0.6) is 5.75 Å². The van der Waals surface area contributed by atoms with Crippen molar-refractivity contribution in [1.29, 1.82) is 5.26 Å². The molecule has 1 amide bonds. The van der Waals surface area contributed by atoms with Crippen molar-refractivity contribution in [2.24, 2.45) is 0 Å². The maximum atomic E-state index is 13.3. The third-order valence-electron chi connectivity index (χ3n) is 5.18. The number of anilines is 1. The van der Waals surface area contributed by atoms with Crippen molar-refractivity contribution >= 4 is 32.4 Å². The zero-order chi connectivity index (χ0) is 24.8. The van der Waals surface area contributed by atoms with E-state index in [4.69, 9.17) is 10.00 Å². The predicted octanol–water partition coefficient (Wildman–Crippen LogP) is 4.26. The maximum absolute atomic E-state index is 13.3. The number of hydrogen-bond acceptors (Lipinski definition) is 5. The third-order valence-corrected chi connectivity index (χ3v) is 6.61. The van der Waals surface area contributed by atoms with Crippen LogP contribution in [0.2, 0.25) is 0 Å². The van der Waals surface area contributed by atoms with Gasteiger partial charge in [0.05, 0.1) is 17.7 Å². The highest BCUT2D eigenvalue weighted by molar-refractivity contribution is 7.93. The molecule has 0 aliphatic carbocycles. The number of nitrogens with one attached hydrogen (secondary N) is 2. The Kier molecular flexibility index (Phi) is 6.68. The molecule has 4 aromatic rings. The van der Waals surface area contributed by atoms with Crippen LogP contribution in [0.15, 0.2) is 89.8 Å². The second-order valence-corrected chi connectivity index (χ2v) is 9.01. The number of ether oxygens (including phenoxy) is 1. The molecule has 4 rings (SSSR count). The van der Waals surface area contributed by atoms with Gasteiger partial charge in [-0.2, -0.15) is 5.26 Å². The lowest BCUT2D eigenvalue weighted by Crippen LogP contribution is -2.16. The number of fused-ring (bicyclic) bond motifs is 1. The number of carbonyl (C=O) groups excluding carboxylic acids is 1. The number of nitrogens with zero attached hydrogens (tertiary/aromatic N) is 1. The van der Waals surface area contributed by atoms with Gasteiger partial charge in [0.2, 0.25) is 0 Å². The van der Waals surface area contributed by atoms with Crippen LogP contribution in [0.25, 0.3) is 10.8 Å². The molecule has 0 spiro atoms. The highest BCUT2D eigenvalue weighted by Crippen LogP contribution is 2.32. The first-order valence-electron chi connectivity index (χ1n) is 10.4. The van der Waals surface area contributed by atoms with Crippen LogP contribution in [-0.4, -0.2) is 21.4 Å². The fourth-order valence-corrected chi connectivity index (χ4v) is 4.80. The Morgan fingerprint density at radius 2 is 1.54 bits per heavy atom. The average molecular weight is 482 g/mol. The van der Waals surface area contributed by atoms with E-state index in [-0.39, 0.29) is 4.90 Å². The van der Waals surface area contributed by atoms with E-state index in [2.05, 4.69) is 21.9 Å². The van der Waals surface area contributed by atoms with E-state index in [0.29, 0.717) is 38.9 Å². The Bertz CT molecular complexity index is 1630. The lowest BCUT2D eigenvalue weighted by atomic mass is 10.1. The van der Waals surface area contributed by atoms with E-state index < -0.39 is 15.9 Å². The van der Waals surface area contributed by atoms with Gasteiger partial charge in [-0.15, -0.1) is 0 Å². The Labute approximate surface area is 203 Å². The van der Waals surface area contributed by atoms with Crippen LogP contribution in [0.4, 0.5) is 5.69 Å². The molecule has 0 saturated carbocycles. The van der Waals surface area contributed by atoms with Crippen molar-refractivity contribution in [3.05, 3.63) is 102 Å². The average Bonchev–Trinajstić information content (AvgIpc) is 2.87. The topological polar surface area (TPSA) is 108 Å². The molecule has 0 unspecified atom stereocenters. The van der Waals surface area contributed by atoms with E-state index >= 15 is 0 Å². The maximum Gasteiger partial charge on any atom is 0.264 e. The Morgan fingerprint density at radius 1 is 0.857 bits per heavy atom. The van der Waals surface area contributed by atoms with E-state index in [9.17, 15) is 13.2 Å². The number of amides is 1. The molecular weight excluding hydrogens is 462 g/mol. The molecule has 0 radical (unpaired) electrons. The summed E-state index contributed by atoms with van der Waals surface area (Å²) in [5, 5.41) is 11.9. The minimum absolute atomic E-state index is 0.128. The molecule has 35 heavy (non-hydrogen) atoms. The van der Waals surface area contributed by atoms with Crippen LogP contribution < -0.4 is 14.8 Å². The summed E-state index contributed by atoms with van der Waals surface area (Å²) in [6, 6.07) is 23.5. The summed E-state index contributed by atoms with van der Waals surface area (Å²) in [5.74, 6) is 6.04. The van der Waals surface area contributed by atoms with Crippen LogP contribution in [-0.2, 0) is 10.0 Å². The van der Waals surface area contributed by atoms with Gasteiger partial charge in [-0.25, -0.2) is 8.42 Å². The molecule has 7 nitrogen and oxygen atoms in total. The number of sulfonamides is 1. The SMILES string of the molecule is COc1ccc(S(=O)(=O)Nc2ccccc2C#Cc2ccc(C(=O)NC#N)cc2)c2ccccc12. The standard InChI is InChI=1S/C27H19N3O4S/c1-34-25-16-17-26(23-8-4-3-7-22(23)25)35(32,33)30-24-9-5-2-6-20(24)13-10-19-11-14-21(15-12-19)27(31)29-18-28/h2-9,11-12,14-17,30H,1H3,(H,29,31). The minimum Gasteiger partial charge on any atom is -0.496 e. The van der Waals surface area contributed by atoms with Crippen LogP contribution in [0, 0.1) is 23.3 Å². The molecule has 8 heteroatoms. The summed E-state index contributed by atoms with van der Waals surface area (Å²) < 4.78 is 34.7. The number of methoxy groups -OCH3 is 1. The molecule has 4 aromatic carbocycles. The van der Waals surface area contributed by atoms with Crippen LogP contribution in [0.3, 0.4) is 0 Å². The summed E-state index contributed by atoms with van der Waals surface area (Å²) in [5.41, 5.74) is 1.78. The Morgan fingerprint density at radius 3 is 2.26 bits per heavy atom. The smallest absolute Gasteiger partial charge is 0.264 e. The fourth-order valence-electron chi connectivity index (χ4n) is 3.50. The van der Waals surface area contributed by atoms with Crippen molar-refractivity contribution in [1.82, 2.24) is 5.32 Å². The highest BCUT2D eigenvalue weighted by atomic mass is 32.2. The molecular formula is C27H19N3O4S. The number of para-hydroxylation sites is 1. The van der Waals surface area contributed by atoms with Gasteiger partial charge in [0.1, 0.15) is 5.75 Å². The van der Waals surface area contributed by atoms with Crippen molar-refractivity contribution < 1.29 is 17.9 Å². The molecule has 0 fully saturated rings. The van der Waals surface area contributed by atoms with Crippen molar-refractivity contribution in [3.63, 3.8) is 0 Å². The van der Waals surface area contributed by atoms with Crippen molar-refractivity contribution in [2.75, 3.05) is 11.8 Å². The zero-order valence-electron chi connectivity index (χ0n) is 18.6. The van der Waals surface area contributed by atoms with Gasteiger partial charge in [0, 0.05) is 27.5 Å². The number of benzene rings is 4. The molecule has 0 aliphatic heterocycles. The zero-order valence-corrected chi connectivity index (χ0v) is 19.4. The predicted molar refractivity (Wildman–Crippen MR) is 133 cm³/mol. The molecule has 0 aliphatic rings. The molecule has 0 saturated heterocycles. The molecule has 0 atom stereocenters. The van der Waals surface area contributed by atoms with E-state index in [1.54, 1.807) is 72.9 Å². The second-order valence-electron chi connectivity index (χ2n) is 7.36. The molecule has 0 aromatic heterocycles. The van der Waals surface area contributed by atoms with E-state index in [1.807, 2.05) is 12.1 Å². The van der Waals surface area contributed by atoms with E-state index in [0.717, 1.165) is 0 Å². The minimum atomic E-state index is -3.94. The van der Waals surface area contributed by atoms with Crippen LogP contribution in [0.1, 0.15) is 21.5 Å². The Hall–Kier alpha value is -4.79. The molecule has 172 valence electrons. The lowest BCUT2D eigenvalue weighted by molar-refractivity contribution is 0.0973. The summed E-state index contributed by atoms with van der Waals surface area (Å²) in [7, 11) is -2.40. The second kappa shape index (κ2) is 10.0. The van der Waals surface area contributed by atoms with E-state index in [1.165, 1.54) is 13.2 Å². The number of carbonyl (C=O) groups is 1. The number of hydrogen-bond donors (Lipinski definition) is 2. The van der Waals surface area contributed by atoms with Gasteiger partial charge >= 0.3 is 0 Å². The Balaban J connectivity index is 1.65. The number of rotatable bonds is 5. The first kappa shape index (κ1) is 23.4. The van der Waals surface area contributed by atoms with Gasteiger partial charge in [-0.3, -0.25) is 14.8 Å². The largest absolute Gasteiger partial charge is 0.496 e. The highest BCUT2D eigenvalue weighted by Gasteiger charge is 2.20. The molecule has 0 bridgehead atoms. The number of nitriles is 1. The van der Waals surface area contributed by atoms with Gasteiger partial charge in [-0.1, -0.05) is 48.2 Å². The summed E-state index contributed by atoms with van der Waals surface area (Å²) in [4.78, 5) is 11.8. The first-order valence-corrected chi connectivity index (χ1v) is 11.9. The summed E-state index contributed by atoms with van der Waals surface area (Å²) >= 11 is 0. The van der Waals surface area contributed by atoms with Crippen molar-refractivity contribution in [2.45, 2.75) is 4.90 Å². The summed E-state index contributed by atoms with van der Waals surface area (Å²) in [6.45, 7) is 0. The van der Waals surface area contributed by atoms with Crippen LogP contribution >= 0.6 is 0 Å². The van der Waals surface area contributed by atoms with Gasteiger partial charge in [0.25, 0.3) is 15.9 Å². The van der Waals surface area contributed by atoms with Gasteiger partial charge < -0.3 is 4.74 Å². The quantitative estimate of drug-likeness (QED) is 0.252. The lowest BCUT2D eigenvalue weighted by Gasteiger charge is -2.13. The fraction of sp³-hybridized carbons (Fsp3) is 0.0370. The monoisotopic (exact) mass is 481 g/mol. The first-order chi connectivity index (χ1) is 16.9.